The fraction of sp³-hybridized carbons (Fsp3) is 0.0500. The Morgan fingerprint density at radius 2 is 1.77 bits per heavy atom. The second-order valence-corrected chi connectivity index (χ2v) is 6.71. The van der Waals surface area contributed by atoms with Crippen LogP contribution in [0, 0.1) is 38.9 Å². The van der Waals surface area contributed by atoms with Crippen LogP contribution in [-0.4, -0.2) is 4.92 Å². The van der Waals surface area contributed by atoms with E-state index in [1.807, 2.05) is 0 Å². The minimum absolute atomic E-state index is 0.000808. The number of benzene rings is 3. The van der Waals surface area contributed by atoms with Gasteiger partial charge in [0.05, 0.1) is 15.0 Å². The molecule has 0 N–H and O–H groups in total. The zero-order valence-electron chi connectivity index (χ0n) is 14.9. The molecule has 0 radical (unpaired) electrons. The zero-order valence-corrected chi connectivity index (χ0v) is 16.5. The van der Waals surface area contributed by atoms with Gasteiger partial charge in [-0.05, 0) is 21.5 Å². The molecule has 0 aliphatic carbocycles. The molecule has 3 aromatic carbocycles. The Bertz CT molecular complexity index is 1170. The van der Waals surface area contributed by atoms with E-state index >= 15 is 0 Å². The summed E-state index contributed by atoms with van der Waals surface area (Å²) in [4.78, 5) is 9.74. The Labute approximate surface area is 176 Å². The summed E-state index contributed by atoms with van der Waals surface area (Å²) in [5.41, 5.74) is -0.776. The van der Waals surface area contributed by atoms with E-state index in [4.69, 9.17) is 14.7 Å². The molecule has 3 aromatic rings. The van der Waals surface area contributed by atoms with E-state index < -0.39 is 39.4 Å². The Balaban J connectivity index is 2.02. The Morgan fingerprint density at radius 1 is 1.07 bits per heavy atom. The van der Waals surface area contributed by atoms with Gasteiger partial charge in [-0.15, -0.1) is 0 Å². The topological polar surface area (TPSA) is 85.4 Å². The van der Waals surface area contributed by atoms with Crippen LogP contribution in [0.3, 0.4) is 0 Å². The van der Waals surface area contributed by atoms with Gasteiger partial charge in [0.2, 0.25) is 11.6 Å². The molecule has 0 amide bonds. The first kappa shape index (κ1) is 21.1. The first-order valence-electron chi connectivity index (χ1n) is 8.22. The van der Waals surface area contributed by atoms with E-state index in [0.29, 0.717) is 0 Å². The average Bonchev–Trinajstić information content (AvgIpc) is 2.73. The molecule has 0 bridgehead atoms. The lowest BCUT2D eigenvalue weighted by Gasteiger charge is -2.15. The molecule has 0 fully saturated rings. The fourth-order valence-corrected chi connectivity index (χ4v) is 2.92. The molecule has 0 saturated heterocycles. The van der Waals surface area contributed by atoms with Gasteiger partial charge in [-0.2, -0.15) is 14.0 Å². The summed E-state index contributed by atoms with van der Waals surface area (Å²) >= 11 is 2.89. The molecule has 0 aromatic heterocycles. The summed E-state index contributed by atoms with van der Waals surface area (Å²) in [5.74, 6) is -5.45. The molecule has 152 valence electrons. The molecule has 0 heterocycles. The molecule has 0 aliphatic rings. The van der Waals surface area contributed by atoms with Crippen molar-refractivity contribution in [2.24, 2.45) is 0 Å². The zero-order chi connectivity index (χ0) is 21.8. The summed E-state index contributed by atoms with van der Waals surface area (Å²) in [7, 11) is 0. The lowest BCUT2D eigenvalue weighted by Crippen LogP contribution is -2.02. The Kier molecular flexibility index (Phi) is 6.23. The van der Waals surface area contributed by atoms with Crippen molar-refractivity contribution in [2.45, 2.75) is 6.61 Å². The monoisotopic (exact) mass is 478 g/mol. The predicted octanol–water partition coefficient (Wildman–Crippen LogP) is 6.02. The van der Waals surface area contributed by atoms with Gasteiger partial charge >= 0.3 is 5.69 Å². The van der Waals surface area contributed by atoms with Crippen LogP contribution in [0.15, 0.2) is 53.0 Å². The van der Waals surface area contributed by atoms with Gasteiger partial charge in [0, 0.05) is 18.2 Å². The maximum atomic E-state index is 14.4. The second kappa shape index (κ2) is 8.84. The number of hydrogen-bond donors (Lipinski definition) is 0. The highest BCUT2D eigenvalue weighted by Gasteiger charge is 2.27. The van der Waals surface area contributed by atoms with Crippen molar-refractivity contribution in [1.29, 1.82) is 5.26 Å². The highest BCUT2D eigenvalue weighted by molar-refractivity contribution is 9.10. The molecule has 6 nitrogen and oxygen atoms in total. The lowest BCUT2D eigenvalue weighted by atomic mass is 10.2. The maximum absolute atomic E-state index is 14.4. The normalized spacial score (nSPS) is 10.4. The van der Waals surface area contributed by atoms with Gasteiger partial charge in [0.25, 0.3) is 0 Å². The molecule has 0 atom stereocenters. The van der Waals surface area contributed by atoms with Gasteiger partial charge in [-0.25, -0.2) is 4.39 Å². The van der Waals surface area contributed by atoms with Gasteiger partial charge in [0.15, 0.2) is 17.2 Å². The summed E-state index contributed by atoms with van der Waals surface area (Å²) < 4.78 is 53.1. The molecule has 0 saturated carbocycles. The largest absolute Gasteiger partial charge is 0.485 e. The van der Waals surface area contributed by atoms with Crippen molar-refractivity contribution in [3.8, 4) is 23.3 Å². The number of halogens is 4. The predicted molar refractivity (Wildman–Crippen MR) is 103 cm³/mol. The van der Waals surface area contributed by atoms with E-state index in [0.717, 1.165) is 23.8 Å². The molecule has 30 heavy (non-hydrogen) atoms. The standard InChI is InChI=1S/C20H10BrF3N2O4/c21-13-7-15(26(27)28)18(23)19(24)20(13)30-17-6-12(9-25)14(22)8-16(17)29-10-11-4-2-1-3-5-11/h1-8H,10H2. The summed E-state index contributed by atoms with van der Waals surface area (Å²) in [6.45, 7) is 0.000808. The van der Waals surface area contributed by atoms with Crippen molar-refractivity contribution in [1.82, 2.24) is 0 Å². The molecular weight excluding hydrogens is 469 g/mol. The van der Waals surface area contributed by atoms with E-state index in [1.165, 1.54) is 0 Å². The van der Waals surface area contributed by atoms with E-state index in [1.54, 1.807) is 36.4 Å². The smallest absolute Gasteiger partial charge is 0.309 e. The average molecular weight is 479 g/mol. The first-order valence-corrected chi connectivity index (χ1v) is 9.01. The third-order valence-electron chi connectivity index (χ3n) is 3.90. The Hall–Kier alpha value is -3.58. The molecular formula is C20H10BrF3N2O4. The summed E-state index contributed by atoms with van der Waals surface area (Å²) in [5, 5.41) is 19.9. The van der Waals surface area contributed by atoms with Crippen LogP contribution in [0.2, 0.25) is 0 Å². The van der Waals surface area contributed by atoms with Crippen molar-refractivity contribution < 1.29 is 27.6 Å². The molecule has 0 unspecified atom stereocenters. The second-order valence-electron chi connectivity index (χ2n) is 5.86. The van der Waals surface area contributed by atoms with Crippen molar-refractivity contribution in [2.75, 3.05) is 0 Å². The number of nitriles is 1. The van der Waals surface area contributed by atoms with Crippen LogP contribution < -0.4 is 9.47 Å². The number of nitrogens with zero attached hydrogens (tertiary/aromatic N) is 2. The molecule has 0 aliphatic heterocycles. The number of ether oxygens (including phenoxy) is 2. The van der Waals surface area contributed by atoms with Crippen LogP contribution in [-0.2, 0) is 6.61 Å². The van der Waals surface area contributed by atoms with Crippen LogP contribution in [0.5, 0.6) is 17.2 Å². The quantitative estimate of drug-likeness (QED) is 0.245. The highest BCUT2D eigenvalue weighted by atomic mass is 79.9. The number of rotatable bonds is 6. The molecule has 10 heteroatoms. The van der Waals surface area contributed by atoms with E-state index in [2.05, 4.69) is 15.9 Å². The first-order chi connectivity index (χ1) is 14.3. The molecule has 0 spiro atoms. The van der Waals surface area contributed by atoms with Gasteiger partial charge in [-0.1, -0.05) is 30.3 Å². The minimum atomic E-state index is -1.73. The van der Waals surface area contributed by atoms with Gasteiger partial charge in [0.1, 0.15) is 18.5 Å². The number of hydrogen-bond acceptors (Lipinski definition) is 5. The number of nitro benzene ring substituents is 1. The van der Waals surface area contributed by atoms with Crippen molar-refractivity contribution >= 4 is 21.6 Å². The molecule has 3 rings (SSSR count). The maximum Gasteiger partial charge on any atom is 0.309 e. The van der Waals surface area contributed by atoms with Crippen LogP contribution in [0.1, 0.15) is 11.1 Å². The van der Waals surface area contributed by atoms with Crippen molar-refractivity contribution in [3.05, 3.63) is 91.7 Å². The third-order valence-corrected chi connectivity index (χ3v) is 4.49. The van der Waals surface area contributed by atoms with Gasteiger partial charge < -0.3 is 9.47 Å². The van der Waals surface area contributed by atoms with Crippen LogP contribution in [0.4, 0.5) is 18.9 Å². The summed E-state index contributed by atoms with van der Waals surface area (Å²) in [6.07, 6.45) is 0. The van der Waals surface area contributed by atoms with Crippen molar-refractivity contribution in [3.63, 3.8) is 0 Å². The SMILES string of the molecule is N#Cc1cc(Oc2c(Br)cc([N+](=O)[O-])c(F)c2F)c(OCc2ccccc2)cc1F. The minimum Gasteiger partial charge on any atom is -0.485 e. The van der Waals surface area contributed by atoms with E-state index in [9.17, 15) is 23.3 Å². The summed E-state index contributed by atoms with van der Waals surface area (Å²) in [6, 6.07) is 13.0. The fourth-order valence-electron chi connectivity index (χ4n) is 2.45. The number of nitro groups is 1. The van der Waals surface area contributed by atoms with Gasteiger partial charge in [-0.3, -0.25) is 10.1 Å². The highest BCUT2D eigenvalue weighted by Crippen LogP contribution is 2.41. The lowest BCUT2D eigenvalue weighted by molar-refractivity contribution is -0.387. The van der Waals surface area contributed by atoms with Crippen LogP contribution in [0.25, 0.3) is 0 Å². The Morgan fingerprint density at radius 3 is 2.40 bits per heavy atom. The van der Waals surface area contributed by atoms with E-state index in [-0.39, 0.29) is 22.6 Å². The third kappa shape index (κ3) is 4.36. The van der Waals surface area contributed by atoms with Crippen LogP contribution >= 0.6 is 15.9 Å².